The lowest BCUT2D eigenvalue weighted by Crippen LogP contribution is -2.03. The van der Waals surface area contributed by atoms with Crippen LogP contribution in [-0.2, 0) is 6.54 Å². The molecule has 1 N–H and O–H groups in total. The minimum absolute atomic E-state index is 0.481. The molecule has 0 aliphatic rings. The van der Waals surface area contributed by atoms with E-state index in [1.54, 1.807) is 12.3 Å². The number of pyridine rings is 2. The maximum atomic E-state index is 9.41. The van der Waals surface area contributed by atoms with Gasteiger partial charge in [-0.25, -0.2) is 4.98 Å². The first-order valence-electron chi connectivity index (χ1n) is 7.81. The van der Waals surface area contributed by atoms with Gasteiger partial charge < -0.3 is 9.72 Å². The Morgan fingerprint density at radius 1 is 1.28 bits per heavy atom. The molecular weight excluding hydrogens is 334 g/mol. The van der Waals surface area contributed by atoms with Gasteiger partial charge in [-0.1, -0.05) is 17.7 Å². The lowest BCUT2D eigenvalue weighted by molar-refractivity contribution is 1.06. The summed E-state index contributed by atoms with van der Waals surface area (Å²) >= 11 is 6.12. The first kappa shape index (κ1) is 15.4. The molecule has 0 bridgehead atoms. The van der Waals surface area contributed by atoms with Gasteiger partial charge in [0.25, 0.3) is 0 Å². The van der Waals surface area contributed by atoms with Gasteiger partial charge in [-0.05, 0) is 37.3 Å². The van der Waals surface area contributed by atoms with E-state index in [1.165, 1.54) is 0 Å². The van der Waals surface area contributed by atoms with Crippen LogP contribution >= 0.6 is 11.6 Å². The number of fused-ring (bicyclic) bond motifs is 2. The van der Waals surface area contributed by atoms with Crippen LogP contribution in [0.15, 0.2) is 48.8 Å². The number of benzene rings is 1. The highest BCUT2D eigenvalue weighted by atomic mass is 35.5. The first-order valence-corrected chi connectivity index (χ1v) is 8.19. The number of rotatable bonds is 3. The second-order valence-electron chi connectivity index (χ2n) is 5.80. The number of nitriles is 1. The zero-order valence-electron chi connectivity index (χ0n) is 13.5. The first-order chi connectivity index (χ1) is 12.2. The van der Waals surface area contributed by atoms with Crippen molar-refractivity contribution in [2.45, 2.75) is 13.5 Å². The molecule has 0 atom stereocenters. The molecule has 1 aromatic carbocycles. The van der Waals surface area contributed by atoms with Crippen molar-refractivity contribution in [3.05, 3.63) is 70.8 Å². The van der Waals surface area contributed by atoms with Gasteiger partial charge in [0.1, 0.15) is 11.7 Å². The quantitative estimate of drug-likeness (QED) is 0.599. The monoisotopic (exact) mass is 347 g/mol. The Balaban J connectivity index is 1.73. The third-order valence-electron chi connectivity index (χ3n) is 4.14. The van der Waals surface area contributed by atoms with Gasteiger partial charge in [0, 0.05) is 28.5 Å². The highest BCUT2D eigenvalue weighted by Crippen LogP contribution is 2.28. The topological polar surface area (TPSA) is 66.0 Å². The van der Waals surface area contributed by atoms with E-state index in [0.29, 0.717) is 17.1 Å². The van der Waals surface area contributed by atoms with Crippen molar-refractivity contribution in [1.29, 1.82) is 5.26 Å². The minimum atomic E-state index is 0.481. The zero-order valence-corrected chi connectivity index (χ0v) is 14.2. The van der Waals surface area contributed by atoms with Crippen molar-refractivity contribution in [3.63, 3.8) is 0 Å². The number of nitrogens with one attached hydrogen (secondary N) is 1. The summed E-state index contributed by atoms with van der Waals surface area (Å²) in [6, 6.07) is 13.6. The third-order valence-corrected chi connectivity index (χ3v) is 4.38. The molecule has 6 heteroatoms. The zero-order chi connectivity index (χ0) is 17.4. The van der Waals surface area contributed by atoms with Gasteiger partial charge in [-0.2, -0.15) is 5.26 Å². The number of halogens is 1. The summed E-state index contributed by atoms with van der Waals surface area (Å²) in [4.78, 5) is 8.93. The third kappa shape index (κ3) is 2.77. The highest BCUT2D eigenvalue weighted by Gasteiger charge is 2.10. The van der Waals surface area contributed by atoms with E-state index in [2.05, 4.69) is 21.4 Å². The second-order valence-corrected chi connectivity index (χ2v) is 6.24. The van der Waals surface area contributed by atoms with E-state index in [1.807, 2.05) is 47.9 Å². The normalized spacial score (nSPS) is 10.9. The average molecular weight is 348 g/mol. The summed E-state index contributed by atoms with van der Waals surface area (Å²) in [6.07, 6.45) is 3.58. The summed E-state index contributed by atoms with van der Waals surface area (Å²) in [7, 11) is 0. The van der Waals surface area contributed by atoms with Gasteiger partial charge in [0.2, 0.25) is 0 Å². The Labute approximate surface area is 149 Å². The lowest BCUT2D eigenvalue weighted by atomic mass is 10.1. The van der Waals surface area contributed by atoms with E-state index in [4.69, 9.17) is 11.6 Å². The maximum absolute atomic E-state index is 9.41. The second kappa shape index (κ2) is 6.08. The number of nitrogens with zero attached hydrogens (tertiary/aromatic N) is 4. The number of hydrogen-bond acceptors (Lipinski definition) is 4. The van der Waals surface area contributed by atoms with Crippen LogP contribution in [0.2, 0.25) is 5.02 Å². The molecule has 0 spiro atoms. The number of aromatic nitrogens is 3. The summed E-state index contributed by atoms with van der Waals surface area (Å²) in [5.41, 5.74) is 4.91. The molecule has 0 aliphatic heterocycles. The predicted octanol–water partition coefficient (Wildman–Crippen LogP) is 4.33. The largest absolute Gasteiger partial charge is 0.378 e. The number of aryl methyl sites for hydroxylation is 1. The number of hydrogen-bond donors (Lipinski definition) is 1. The number of imidazole rings is 1. The van der Waals surface area contributed by atoms with E-state index in [9.17, 15) is 5.26 Å². The fourth-order valence-corrected chi connectivity index (χ4v) is 3.08. The van der Waals surface area contributed by atoms with E-state index >= 15 is 0 Å². The van der Waals surface area contributed by atoms with E-state index in [-0.39, 0.29) is 0 Å². The molecule has 0 radical (unpaired) electrons. The SMILES string of the molecule is Cc1cccc2nc(CNc3c(C#N)cnc4ccc(Cl)cc34)cn12. The van der Waals surface area contributed by atoms with Crippen molar-refractivity contribution in [2.75, 3.05) is 5.32 Å². The lowest BCUT2D eigenvalue weighted by Gasteiger charge is -2.10. The van der Waals surface area contributed by atoms with Gasteiger partial charge in [0.05, 0.1) is 29.0 Å². The fraction of sp³-hybridized carbons (Fsp3) is 0.105. The molecule has 3 heterocycles. The van der Waals surface area contributed by atoms with Crippen LogP contribution in [0.1, 0.15) is 17.0 Å². The van der Waals surface area contributed by atoms with Crippen molar-refractivity contribution in [3.8, 4) is 6.07 Å². The molecule has 0 saturated carbocycles. The van der Waals surface area contributed by atoms with Crippen LogP contribution < -0.4 is 5.32 Å². The van der Waals surface area contributed by atoms with Crippen LogP contribution in [0.25, 0.3) is 16.6 Å². The average Bonchev–Trinajstić information content (AvgIpc) is 3.04. The molecule has 0 amide bonds. The molecule has 0 unspecified atom stereocenters. The Hall–Kier alpha value is -3.10. The molecule has 4 aromatic rings. The molecule has 3 aromatic heterocycles. The van der Waals surface area contributed by atoms with Crippen molar-refractivity contribution >= 4 is 33.8 Å². The van der Waals surface area contributed by atoms with E-state index in [0.717, 1.165) is 33.6 Å². The molecule has 25 heavy (non-hydrogen) atoms. The Morgan fingerprint density at radius 3 is 2.96 bits per heavy atom. The molecule has 5 nitrogen and oxygen atoms in total. The smallest absolute Gasteiger partial charge is 0.137 e. The van der Waals surface area contributed by atoms with Crippen LogP contribution in [0.3, 0.4) is 0 Å². The van der Waals surface area contributed by atoms with Crippen LogP contribution in [0, 0.1) is 18.3 Å². The summed E-state index contributed by atoms with van der Waals surface area (Å²) in [5.74, 6) is 0. The number of anilines is 1. The van der Waals surface area contributed by atoms with Crippen LogP contribution in [-0.4, -0.2) is 14.4 Å². The molecule has 0 aliphatic carbocycles. The van der Waals surface area contributed by atoms with Gasteiger partial charge in [-0.15, -0.1) is 0 Å². The van der Waals surface area contributed by atoms with Crippen LogP contribution in [0.4, 0.5) is 5.69 Å². The summed E-state index contributed by atoms with van der Waals surface area (Å²) < 4.78 is 2.05. The van der Waals surface area contributed by atoms with Crippen molar-refractivity contribution in [2.24, 2.45) is 0 Å². The van der Waals surface area contributed by atoms with Gasteiger partial charge in [0.15, 0.2) is 0 Å². The van der Waals surface area contributed by atoms with Crippen molar-refractivity contribution < 1.29 is 0 Å². The maximum Gasteiger partial charge on any atom is 0.137 e. The molecular formula is C19H14ClN5. The summed E-state index contributed by atoms with van der Waals surface area (Å²) in [6.45, 7) is 2.54. The minimum Gasteiger partial charge on any atom is -0.378 e. The summed E-state index contributed by atoms with van der Waals surface area (Å²) in [5, 5.41) is 14.2. The molecule has 4 rings (SSSR count). The fourth-order valence-electron chi connectivity index (χ4n) is 2.90. The molecule has 122 valence electrons. The van der Waals surface area contributed by atoms with Gasteiger partial charge >= 0.3 is 0 Å². The standard InChI is InChI=1S/C19H14ClN5/c1-12-3-2-4-18-24-15(11-25(12)18)10-23-19-13(8-21)9-22-17-6-5-14(20)7-16(17)19/h2-7,9,11H,10H2,1H3,(H,22,23). The van der Waals surface area contributed by atoms with Crippen LogP contribution in [0.5, 0.6) is 0 Å². The highest BCUT2D eigenvalue weighted by molar-refractivity contribution is 6.31. The Kier molecular flexibility index (Phi) is 3.75. The van der Waals surface area contributed by atoms with E-state index < -0.39 is 0 Å². The molecule has 0 saturated heterocycles. The molecule has 0 fully saturated rings. The van der Waals surface area contributed by atoms with Crippen molar-refractivity contribution in [1.82, 2.24) is 14.4 Å². The Bertz CT molecular complexity index is 1140. The predicted molar refractivity (Wildman–Crippen MR) is 98.7 cm³/mol. The Morgan fingerprint density at radius 2 is 2.16 bits per heavy atom. The van der Waals surface area contributed by atoms with Gasteiger partial charge in [-0.3, -0.25) is 4.98 Å².